The van der Waals surface area contributed by atoms with E-state index in [-0.39, 0.29) is 30.5 Å². The fourth-order valence-electron chi connectivity index (χ4n) is 3.93. The quantitative estimate of drug-likeness (QED) is 0.464. The summed E-state index contributed by atoms with van der Waals surface area (Å²) in [5.41, 5.74) is 3.19. The highest BCUT2D eigenvalue weighted by molar-refractivity contribution is 6.22. The second-order valence-electron chi connectivity index (χ2n) is 7.70. The molecule has 1 N–H and O–H groups in total. The number of ether oxygens (including phenoxy) is 1. The lowest BCUT2D eigenvalue weighted by atomic mass is 10.1. The van der Waals surface area contributed by atoms with Crippen LogP contribution in [0.1, 0.15) is 29.3 Å². The number of nitrogens with one attached hydrogen (secondary N) is 1. The summed E-state index contributed by atoms with van der Waals surface area (Å²) in [6.45, 7) is 2.36. The van der Waals surface area contributed by atoms with Gasteiger partial charge in [-0.25, -0.2) is 14.5 Å². The van der Waals surface area contributed by atoms with Gasteiger partial charge in [-0.3, -0.25) is 18.7 Å². The molecule has 3 aromatic rings. The number of carbonyl (C=O) groups is 3. The summed E-state index contributed by atoms with van der Waals surface area (Å²) in [5.74, 6) is -1.10. The Morgan fingerprint density at radius 3 is 2.41 bits per heavy atom. The first kappa shape index (κ1) is 21.5. The first-order valence-corrected chi connectivity index (χ1v) is 10.3. The highest BCUT2D eigenvalue weighted by Gasteiger charge is 2.39. The lowest BCUT2D eigenvalue weighted by Gasteiger charge is -2.16. The minimum absolute atomic E-state index is 0.0462. The van der Waals surface area contributed by atoms with Crippen LogP contribution in [-0.2, 0) is 35.0 Å². The summed E-state index contributed by atoms with van der Waals surface area (Å²) in [6, 6.07) is 11.2. The number of imidazole rings is 1. The summed E-state index contributed by atoms with van der Waals surface area (Å²) < 4.78 is 8.11. The topological polar surface area (TPSA) is 103 Å². The van der Waals surface area contributed by atoms with Crippen molar-refractivity contribution in [2.24, 2.45) is 14.1 Å². The van der Waals surface area contributed by atoms with E-state index in [2.05, 4.69) is 5.32 Å². The number of fused-ring (bicyclic) bond motifs is 1. The zero-order valence-electron chi connectivity index (χ0n) is 18.1. The molecule has 1 aliphatic rings. The number of imide groups is 1. The molecule has 0 aliphatic carbocycles. The van der Waals surface area contributed by atoms with Crippen molar-refractivity contribution in [3.63, 3.8) is 0 Å². The fraction of sp³-hybridized carbons (Fsp3) is 0.304. The maximum absolute atomic E-state index is 12.9. The van der Waals surface area contributed by atoms with Gasteiger partial charge in [-0.1, -0.05) is 6.07 Å². The number of anilines is 1. The molecule has 2 aromatic carbocycles. The molecule has 1 aromatic heterocycles. The minimum atomic E-state index is -0.650. The van der Waals surface area contributed by atoms with E-state index in [1.54, 1.807) is 42.3 Å². The van der Waals surface area contributed by atoms with Crippen LogP contribution in [0.2, 0.25) is 0 Å². The van der Waals surface area contributed by atoms with Crippen molar-refractivity contribution in [1.29, 1.82) is 0 Å². The number of nitrogens with zero attached hydrogens (tertiary/aromatic N) is 3. The average molecular weight is 436 g/mol. The Hall–Kier alpha value is -3.72. The van der Waals surface area contributed by atoms with Crippen LogP contribution in [0.5, 0.6) is 0 Å². The summed E-state index contributed by atoms with van der Waals surface area (Å²) in [7, 11) is 3.44. The average Bonchev–Trinajstić information content (AvgIpc) is 3.19. The number of amides is 2. The van der Waals surface area contributed by atoms with Crippen molar-refractivity contribution in [3.8, 4) is 0 Å². The van der Waals surface area contributed by atoms with Gasteiger partial charge in [0.25, 0.3) is 5.91 Å². The number of aromatic nitrogens is 2. The number of benzene rings is 2. The third kappa shape index (κ3) is 3.71. The van der Waals surface area contributed by atoms with Crippen molar-refractivity contribution >= 4 is 34.5 Å². The van der Waals surface area contributed by atoms with Crippen LogP contribution in [0.25, 0.3) is 11.0 Å². The molecule has 9 nitrogen and oxygen atoms in total. The molecule has 0 bridgehead atoms. The van der Waals surface area contributed by atoms with Crippen molar-refractivity contribution in [2.75, 3.05) is 11.5 Å². The molecule has 1 saturated heterocycles. The Labute approximate surface area is 184 Å². The molecule has 0 unspecified atom stereocenters. The SMILES string of the molecule is CCOC(=O)c1ccc(N2C(=O)C[C@H](NCc3ccc4c(c3)n(C)c(=O)n4C)C2=O)cc1. The second kappa shape index (κ2) is 8.43. The molecule has 4 rings (SSSR count). The van der Waals surface area contributed by atoms with Crippen molar-refractivity contribution in [2.45, 2.75) is 25.9 Å². The van der Waals surface area contributed by atoms with Gasteiger partial charge in [-0.05, 0) is 48.9 Å². The Morgan fingerprint density at radius 2 is 1.72 bits per heavy atom. The molecule has 0 spiro atoms. The van der Waals surface area contributed by atoms with Crippen LogP contribution < -0.4 is 15.9 Å². The molecule has 9 heteroatoms. The number of hydrogen-bond donors (Lipinski definition) is 1. The van der Waals surface area contributed by atoms with Crippen LogP contribution in [0, 0.1) is 0 Å². The molecule has 0 saturated carbocycles. The van der Waals surface area contributed by atoms with Crippen LogP contribution in [-0.4, -0.2) is 39.6 Å². The van der Waals surface area contributed by atoms with Gasteiger partial charge in [0.05, 0.1) is 41.4 Å². The Bertz CT molecular complexity index is 1270. The fourth-order valence-corrected chi connectivity index (χ4v) is 3.93. The first-order valence-electron chi connectivity index (χ1n) is 10.3. The second-order valence-corrected chi connectivity index (χ2v) is 7.70. The Kier molecular flexibility index (Phi) is 5.67. The molecule has 2 heterocycles. The molecule has 1 aliphatic heterocycles. The molecule has 2 amide bonds. The van der Waals surface area contributed by atoms with E-state index in [0.717, 1.165) is 21.5 Å². The highest BCUT2D eigenvalue weighted by atomic mass is 16.5. The van der Waals surface area contributed by atoms with Gasteiger partial charge >= 0.3 is 11.7 Å². The van der Waals surface area contributed by atoms with Gasteiger partial charge in [0, 0.05) is 20.6 Å². The molecule has 32 heavy (non-hydrogen) atoms. The smallest absolute Gasteiger partial charge is 0.338 e. The number of esters is 1. The monoisotopic (exact) mass is 436 g/mol. The predicted octanol–water partition coefficient (Wildman–Crippen LogP) is 1.48. The van der Waals surface area contributed by atoms with E-state index in [1.807, 2.05) is 18.2 Å². The van der Waals surface area contributed by atoms with Gasteiger partial charge in [0.2, 0.25) is 5.91 Å². The largest absolute Gasteiger partial charge is 0.462 e. The molecule has 0 radical (unpaired) electrons. The number of carbonyl (C=O) groups excluding carboxylic acids is 3. The molecule has 1 atom stereocenters. The first-order chi connectivity index (χ1) is 15.3. The summed E-state index contributed by atoms with van der Waals surface area (Å²) >= 11 is 0. The van der Waals surface area contributed by atoms with Crippen LogP contribution >= 0.6 is 0 Å². The van der Waals surface area contributed by atoms with Crippen LogP contribution in [0.3, 0.4) is 0 Å². The van der Waals surface area contributed by atoms with Crippen LogP contribution in [0.15, 0.2) is 47.3 Å². The molecular weight excluding hydrogens is 412 g/mol. The Balaban J connectivity index is 1.46. The highest BCUT2D eigenvalue weighted by Crippen LogP contribution is 2.24. The van der Waals surface area contributed by atoms with Crippen molar-refractivity contribution < 1.29 is 19.1 Å². The lowest BCUT2D eigenvalue weighted by Crippen LogP contribution is -2.38. The summed E-state index contributed by atoms with van der Waals surface area (Å²) in [5, 5.41) is 3.15. The molecule has 166 valence electrons. The summed E-state index contributed by atoms with van der Waals surface area (Å²) in [4.78, 5) is 50.4. The van der Waals surface area contributed by atoms with E-state index in [1.165, 1.54) is 12.1 Å². The van der Waals surface area contributed by atoms with Crippen LogP contribution in [0.4, 0.5) is 5.69 Å². The van der Waals surface area contributed by atoms with Gasteiger partial charge < -0.3 is 10.1 Å². The zero-order valence-corrected chi connectivity index (χ0v) is 18.1. The Morgan fingerprint density at radius 1 is 1.03 bits per heavy atom. The van der Waals surface area contributed by atoms with E-state index in [0.29, 0.717) is 17.8 Å². The van der Waals surface area contributed by atoms with Gasteiger partial charge in [0.1, 0.15) is 0 Å². The summed E-state index contributed by atoms with van der Waals surface area (Å²) in [6.07, 6.45) is 0.0462. The molecular formula is C23H24N4O5. The van der Waals surface area contributed by atoms with Gasteiger partial charge in [-0.2, -0.15) is 0 Å². The van der Waals surface area contributed by atoms with Crippen molar-refractivity contribution in [1.82, 2.24) is 14.5 Å². The van der Waals surface area contributed by atoms with E-state index >= 15 is 0 Å². The maximum Gasteiger partial charge on any atom is 0.338 e. The third-order valence-electron chi connectivity index (χ3n) is 5.67. The predicted molar refractivity (Wildman–Crippen MR) is 118 cm³/mol. The maximum atomic E-state index is 12.9. The standard InChI is InChI=1S/C23H24N4O5/c1-4-32-22(30)15-6-8-16(9-7-15)27-20(28)12-17(21(27)29)24-13-14-5-10-18-19(11-14)26(3)23(31)25(18)2/h5-11,17,24H,4,12-13H2,1-3H3/t17-/m0/s1. The minimum Gasteiger partial charge on any atom is -0.462 e. The van der Waals surface area contributed by atoms with E-state index < -0.39 is 12.0 Å². The van der Waals surface area contributed by atoms with Crippen molar-refractivity contribution in [3.05, 3.63) is 64.1 Å². The van der Waals surface area contributed by atoms with Gasteiger partial charge in [0.15, 0.2) is 0 Å². The van der Waals surface area contributed by atoms with E-state index in [9.17, 15) is 19.2 Å². The number of aryl methyl sites for hydroxylation is 2. The van der Waals surface area contributed by atoms with E-state index in [4.69, 9.17) is 4.74 Å². The third-order valence-corrected chi connectivity index (χ3v) is 5.67. The van der Waals surface area contributed by atoms with Gasteiger partial charge in [-0.15, -0.1) is 0 Å². The number of hydrogen-bond acceptors (Lipinski definition) is 6. The lowest BCUT2D eigenvalue weighted by molar-refractivity contribution is -0.121. The zero-order chi connectivity index (χ0) is 23.0. The molecule has 1 fully saturated rings. The normalized spacial score (nSPS) is 16.2. The number of rotatable bonds is 6.